The Hall–Kier alpha value is -4.12. The van der Waals surface area contributed by atoms with Crippen LogP contribution in [0, 0.1) is 0 Å². The zero-order chi connectivity index (χ0) is 22.9. The summed E-state index contributed by atoms with van der Waals surface area (Å²) in [6.07, 6.45) is -0.851. The largest absolute Gasteiger partial charge is 0.514 e. The van der Waals surface area contributed by atoms with Crippen molar-refractivity contribution in [3.8, 4) is 39.4 Å². The van der Waals surface area contributed by atoms with E-state index in [1.54, 1.807) is 23.6 Å². The molecule has 0 fully saturated rings. The van der Waals surface area contributed by atoms with Crippen LogP contribution in [0.4, 0.5) is 4.79 Å². The second kappa shape index (κ2) is 8.43. The van der Waals surface area contributed by atoms with Gasteiger partial charge in [0, 0.05) is 10.9 Å². The predicted molar refractivity (Wildman–Crippen MR) is 120 cm³/mol. The Morgan fingerprint density at radius 1 is 1.09 bits per heavy atom. The summed E-state index contributed by atoms with van der Waals surface area (Å²) in [4.78, 5) is 12.4. The van der Waals surface area contributed by atoms with Crippen LogP contribution in [0.15, 0.2) is 46.9 Å². The molecular weight excluding hydrogens is 448 g/mol. The lowest BCUT2D eigenvalue weighted by Crippen LogP contribution is -2.11. The third-order valence-electron chi connectivity index (χ3n) is 4.79. The van der Waals surface area contributed by atoms with Crippen LogP contribution in [0.5, 0.6) is 17.2 Å². The number of nitrogens with zero attached hydrogens (tertiary/aromatic N) is 4. The average molecular weight is 466 g/mol. The number of hydrogen-bond acceptors (Lipinski definition) is 10. The van der Waals surface area contributed by atoms with Gasteiger partial charge in [-0.15, -0.1) is 10.2 Å². The minimum Gasteiger partial charge on any atom is -0.493 e. The topological polar surface area (TPSA) is 110 Å². The summed E-state index contributed by atoms with van der Waals surface area (Å²) >= 11 is 1.33. The van der Waals surface area contributed by atoms with Crippen molar-refractivity contribution in [1.29, 1.82) is 0 Å². The van der Waals surface area contributed by atoms with E-state index in [9.17, 15) is 4.79 Å². The molecule has 33 heavy (non-hydrogen) atoms. The van der Waals surface area contributed by atoms with Gasteiger partial charge in [0.05, 0.1) is 20.8 Å². The van der Waals surface area contributed by atoms with Crippen molar-refractivity contribution in [3.63, 3.8) is 0 Å². The van der Waals surface area contributed by atoms with Gasteiger partial charge >= 0.3 is 6.16 Å². The Balaban J connectivity index is 1.56. The zero-order valence-corrected chi connectivity index (χ0v) is 18.7. The molecule has 0 spiro atoms. The van der Waals surface area contributed by atoms with Crippen LogP contribution in [0.2, 0.25) is 0 Å². The summed E-state index contributed by atoms with van der Waals surface area (Å²) in [5, 5.41) is 14.7. The molecule has 2 aromatic carbocycles. The molecule has 0 unspecified atom stereocenters. The molecule has 0 saturated heterocycles. The van der Waals surface area contributed by atoms with Gasteiger partial charge in [0.15, 0.2) is 17.3 Å². The molecule has 3 aromatic heterocycles. The Bertz CT molecular complexity index is 1410. The van der Waals surface area contributed by atoms with E-state index in [0.29, 0.717) is 38.6 Å². The van der Waals surface area contributed by atoms with Crippen LogP contribution >= 0.6 is 11.3 Å². The summed E-state index contributed by atoms with van der Waals surface area (Å²) in [5.74, 6) is 1.76. The van der Waals surface area contributed by atoms with Crippen LogP contribution in [-0.4, -0.2) is 46.8 Å². The quantitative estimate of drug-likeness (QED) is 0.257. The van der Waals surface area contributed by atoms with Crippen molar-refractivity contribution < 1.29 is 28.2 Å². The molecule has 0 atom stereocenters. The Kier molecular flexibility index (Phi) is 5.31. The monoisotopic (exact) mass is 466 g/mol. The zero-order valence-electron chi connectivity index (χ0n) is 17.9. The minimum absolute atomic E-state index is 0.119. The third kappa shape index (κ3) is 3.72. The highest BCUT2D eigenvalue weighted by Crippen LogP contribution is 2.42. The fourth-order valence-corrected chi connectivity index (χ4v) is 4.14. The number of carbonyl (C=O) groups excluding carboxylic acids is 1. The lowest BCUT2D eigenvalue weighted by atomic mass is 10.2. The highest BCUT2D eigenvalue weighted by Gasteiger charge is 2.22. The van der Waals surface area contributed by atoms with E-state index >= 15 is 0 Å². The van der Waals surface area contributed by atoms with Gasteiger partial charge in [0.25, 0.3) is 0 Å². The van der Waals surface area contributed by atoms with Crippen molar-refractivity contribution in [2.24, 2.45) is 0 Å². The fourth-order valence-electron chi connectivity index (χ4n) is 3.31. The highest BCUT2D eigenvalue weighted by atomic mass is 32.1. The van der Waals surface area contributed by atoms with E-state index in [1.807, 2.05) is 30.3 Å². The average Bonchev–Trinajstić information content (AvgIpc) is 3.53. The molecule has 5 rings (SSSR count). The minimum atomic E-state index is -0.851. The molecule has 0 radical (unpaired) electrons. The van der Waals surface area contributed by atoms with Crippen LogP contribution in [-0.2, 0) is 4.74 Å². The number of furan rings is 1. The molecule has 0 aliphatic rings. The van der Waals surface area contributed by atoms with Crippen molar-refractivity contribution >= 4 is 33.4 Å². The lowest BCUT2D eigenvalue weighted by molar-refractivity contribution is 0.102. The molecule has 0 bridgehead atoms. The summed E-state index contributed by atoms with van der Waals surface area (Å²) in [6.45, 7) is 1.87. The molecule has 0 amide bonds. The molecule has 11 heteroatoms. The SMILES string of the molecule is CCOC(=O)Oc1c(OC)cc(-c2nn3c(-c4cc5ccccc5o4)nnc3s2)cc1OC. The lowest BCUT2D eigenvalue weighted by Gasteiger charge is -2.14. The van der Waals surface area contributed by atoms with Crippen LogP contribution < -0.4 is 14.2 Å². The van der Waals surface area contributed by atoms with Gasteiger partial charge < -0.3 is 23.4 Å². The molecule has 3 heterocycles. The van der Waals surface area contributed by atoms with Gasteiger partial charge in [0.1, 0.15) is 10.6 Å². The maximum Gasteiger partial charge on any atom is 0.514 e. The van der Waals surface area contributed by atoms with E-state index < -0.39 is 6.16 Å². The first-order valence-electron chi connectivity index (χ1n) is 9.93. The number of carbonyl (C=O) groups is 1. The number of rotatable bonds is 6. The van der Waals surface area contributed by atoms with Gasteiger partial charge in [-0.2, -0.15) is 9.61 Å². The van der Waals surface area contributed by atoms with Gasteiger partial charge in [-0.25, -0.2) is 4.79 Å². The van der Waals surface area contributed by atoms with Crippen molar-refractivity contribution in [2.45, 2.75) is 6.92 Å². The predicted octanol–water partition coefficient (Wildman–Crippen LogP) is 4.82. The second-order valence-electron chi connectivity index (χ2n) is 6.77. The van der Waals surface area contributed by atoms with Crippen LogP contribution in [0.1, 0.15) is 6.92 Å². The van der Waals surface area contributed by atoms with Crippen molar-refractivity contribution in [2.75, 3.05) is 20.8 Å². The smallest absolute Gasteiger partial charge is 0.493 e. The van der Waals surface area contributed by atoms with E-state index in [4.69, 9.17) is 23.4 Å². The molecule has 0 aliphatic carbocycles. The number of fused-ring (bicyclic) bond motifs is 2. The Morgan fingerprint density at radius 3 is 2.55 bits per heavy atom. The fraction of sp³-hybridized carbons (Fsp3) is 0.182. The first-order chi connectivity index (χ1) is 16.1. The summed E-state index contributed by atoms with van der Waals surface area (Å²) in [7, 11) is 2.93. The summed E-state index contributed by atoms with van der Waals surface area (Å²) in [6, 6.07) is 13.0. The number of ether oxygens (including phenoxy) is 4. The van der Waals surface area contributed by atoms with E-state index in [-0.39, 0.29) is 12.4 Å². The Labute approximate surface area is 191 Å². The summed E-state index contributed by atoms with van der Waals surface area (Å²) < 4.78 is 28.5. The first-order valence-corrected chi connectivity index (χ1v) is 10.7. The van der Waals surface area contributed by atoms with E-state index in [0.717, 1.165) is 11.0 Å². The molecule has 5 aromatic rings. The number of benzene rings is 2. The van der Waals surface area contributed by atoms with E-state index in [1.165, 1.54) is 25.6 Å². The number of aromatic nitrogens is 4. The van der Waals surface area contributed by atoms with Crippen molar-refractivity contribution in [3.05, 3.63) is 42.5 Å². The van der Waals surface area contributed by atoms with Crippen molar-refractivity contribution in [1.82, 2.24) is 19.8 Å². The maximum atomic E-state index is 11.8. The molecular formula is C22H18N4O6S. The molecule has 0 saturated carbocycles. The normalized spacial score (nSPS) is 11.1. The summed E-state index contributed by atoms with van der Waals surface area (Å²) in [5.41, 5.74) is 1.44. The van der Waals surface area contributed by atoms with Gasteiger partial charge in [0.2, 0.25) is 16.5 Å². The van der Waals surface area contributed by atoms with Gasteiger partial charge in [-0.05, 0) is 31.2 Å². The maximum absolute atomic E-state index is 11.8. The number of hydrogen-bond donors (Lipinski definition) is 0. The standard InChI is InChI=1S/C22H18N4O6S/c1-4-30-22(27)32-18-15(28-2)10-13(11-16(18)29-3)20-25-26-19(23-24-21(26)33-20)17-9-12-7-5-6-8-14(12)31-17/h5-11H,4H2,1-3H3. The van der Waals surface area contributed by atoms with E-state index in [2.05, 4.69) is 15.3 Å². The molecule has 0 N–H and O–H groups in total. The molecule has 0 aliphatic heterocycles. The van der Waals surface area contributed by atoms with Gasteiger partial charge in [-0.1, -0.05) is 29.5 Å². The third-order valence-corrected chi connectivity index (χ3v) is 5.74. The Morgan fingerprint density at radius 2 is 1.85 bits per heavy atom. The first kappa shape index (κ1) is 20.8. The highest BCUT2D eigenvalue weighted by molar-refractivity contribution is 7.19. The molecule has 10 nitrogen and oxygen atoms in total. The number of methoxy groups -OCH3 is 2. The molecule has 168 valence electrons. The number of para-hydroxylation sites is 1. The van der Waals surface area contributed by atoms with Crippen LogP contribution in [0.3, 0.4) is 0 Å². The van der Waals surface area contributed by atoms with Gasteiger partial charge in [-0.3, -0.25) is 0 Å². The second-order valence-corrected chi connectivity index (χ2v) is 7.72. The van der Waals surface area contributed by atoms with Crippen LogP contribution in [0.25, 0.3) is 38.1 Å².